The predicted molar refractivity (Wildman–Crippen MR) is 151 cm³/mol. The van der Waals surface area contributed by atoms with Crippen molar-refractivity contribution in [1.82, 2.24) is 9.97 Å². The molecule has 3 aromatic carbocycles. The summed E-state index contributed by atoms with van der Waals surface area (Å²) in [7, 11) is 0. The highest BCUT2D eigenvalue weighted by Gasteiger charge is 2.42. The van der Waals surface area contributed by atoms with E-state index < -0.39 is 18.0 Å². The van der Waals surface area contributed by atoms with Crippen LogP contribution in [0.1, 0.15) is 5.56 Å². The molecule has 0 fully saturated rings. The maximum Gasteiger partial charge on any atom is 0.491 e. The average molecular weight is 556 g/mol. The van der Waals surface area contributed by atoms with Gasteiger partial charge >= 0.3 is 12.1 Å². The Kier molecular flexibility index (Phi) is 6.53. The van der Waals surface area contributed by atoms with Crippen LogP contribution in [0.4, 0.5) is 13.2 Å². The van der Waals surface area contributed by atoms with Gasteiger partial charge in [-0.1, -0.05) is 72.8 Å². The number of esters is 1. The number of hydrogen-bond acceptors (Lipinski definition) is 6. The summed E-state index contributed by atoms with van der Waals surface area (Å²) in [5, 5.41) is 3.11. The third-order valence-electron chi connectivity index (χ3n) is 6.56. The Morgan fingerprint density at radius 3 is 2.30 bits per heavy atom. The predicted octanol–water partition coefficient (Wildman–Crippen LogP) is 7.77. The maximum absolute atomic E-state index is 13.2. The van der Waals surface area contributed by atoms with E-state index in [2.05, 4.69) is 4.98 Å². The van der Waals surface area contributed by atoms with Crippen molar-refractivity contribution in [1.29, 1.82) is 0 Å². The topological polar surface area (TPSA) is 78.1 Å². The lowest BCUT2D eigenvalue weighted by atomic mass is 9.95. The van der Waals surface area contributed by atoms with Gasteiger partial charge in [-0.15, -0.1) is 11.3 Å². The molecule has 3 heterocycles. The highest BCUT2D eigenvalue weighted by atomic mass is 32.1. The van der Waals surface area contributed by atoms with E-state index in [1.165, 1.54) is 17.5 Å². The molecule has 6 rings (SSSR count). The zero-order chi connectivity index (χ0) is 27.9. The van der Waals surface area contributed by atoms with Gasteiger partial charge in [0.2, 0.25) is 5.88 Å². The van der Waals surface area contributed by atoms with Crippen molar-refractivity contribution in [2.24, 2.45) is 5.73 Å². The monoisotopic (exact) mass is 555 g/mol. The lowest BCUT2D eigenvalue weighted by Crippen LogP contribution is -2.28. The van der Waals surface area contributed by atoms with E-state index in [0.29, 0.717) is 28.9 Å². The van der Waals surface area contributed by atoms with E-state index >= 15 is 0 Å². The Morgan fingerprint density at radius 1 is 0.850 bits per heavy atom. The lowest BCUT2D eigenvalue weighted by Gasteiger charge is -2.16. The first-order valence-electron chi connectivity index (χ1n) is 12.3. The first-order chi connectivity index (χ1) is 19.3. The number of hydrogen-bond donors (Lipinski definition) is 1. The summed E-state index contributed by atoms with van der Waals surface area (Å²) in [4.78, 5) is 21.1. The van der Waals surface area contributed by atoms with Gasteiger partial charge in [0.25, 0.3) is 0 Å². The van der Waals surface area contributed by atoms with Gasteiger partial charge in [-0.3, -0.25) is 0 Å². The van der Waals surface area contributed by atoms with Gasteiger partial charge in [-0.05, 0) is 28.6 Å². The number of fused-ring (bicyclic) bond motifs is 2. The van der Waals surface area contributed by atoms with Gasteiger partial charge < -0.3 is 10.5 Å². The second-order valence-corrected chi connectivity index (χ2v) is 9.97. The van der Waals surface area contributed by atoms with Crippen LogP contribution in [0.3, 0.4) is 0 Å². The number of nitrogens with two attached hydrogens (primary N) is 1. The number of aromatic nitrogens is 2. The minimum atomic E-state index is -5.18. The molecule has 5 nitrogen and oxygen atoms in total. The Bertz CT molecular complexity index is 1870. The molecule has 0 saturated heterocycles. The quantitative estimate of drug-likeness (QED) is 0.220. The number of benzene rings is 3. The summed E-state index contributed by atoms with van der Waals surface area (Å²) in [6.45, 7) is 0.381. The molecule has 0 aliphatic heterocycles. The second-order valence-electron chi connectivity index (χ2n) is 9.06. The molecule has 198 valence electrons. The molecule has 2 N–H and O–H groups in total. The van der Waals surface area contributed by atoms with Crippen LogP contribution in [0.2, 0.25) is 0 Å². The standard InChI is InChI=1S/C31H20F3N3O2S/c32-31(33,34)30(38)39-29-23-14-22(19-6-2-1-3-7-19)27(20-12-10-18(15-35)11-13-20)37-28(23)24(16-36-29)25-17-40-26-9-5-4-8-21(25)26/h1-14,16-17H,15,35H2. The first-order valence-corrected chi connectivity index (χ1v) is 13.2. The second kappa shape index (κ2) is 10.2. The van der Waals surface area contributed by atoms with Gasteiger partial charge in [0, 0.05) is 45.1 Å². The molecule has 40 heavy (non-hydrogen) atoms. The maximum atomic E-state index is 13.2. The van der Waals surface area contributed by atoms with Crippen molar-refractivity contribution in [3.05, 3.63) is 102 Å². The third kappa shape index (κ3) is 4.70. The number of pyridine rings is 2. The van der Waals surface area contributed by atoms with E-state index in [9.17, 15) is 18.0 Å². The molecule has 9 heteroatoms. The summed E-state index contributed by atoms with van der Waals surface area (Å²) in [6, 6.07) is 26.5. The molecule has 0 spiro atoms. The van der Waals surface area contributed by atoms with Gasteiger partial charge in [0.1, 0.15) is 0 Å². The Labute approximate surface area is 230 Å². The summed E-state index contributed by atoms with van der Waals surface area (Å²) in [5.41, 5.74) is 11.4. The van der Waals surface area contributed by atoms with Crippen LogP contribution in [0.15, 0.2) is 96.5 Å². The molecule has 0 saturated carbocycles. The van der Waals surface area contributed by atoms with Crippen molar-refractivity contribution < 1.29 is 22.7 Å². The Balaban J connectivity index is 1.67. The smallest absolute Gasteiger partial charge is 0.400 e. The van der Waals surface area contributed by atoms with Crippen LogP contribution in [0.5, 0.6) is 5.88 Å². The van der Waals surface area contributed by atoms with E-state index in [1.54, 1.807) is 6.07 Å². The zero-order valence-corrected chi connectivity index (χ0v) is 21.6. The van der Waals surface area contributed by atoms with Crippen LogP contribution in [0, 0.1) is 0 Å². The number of carbonyl (C=O) groups is 1. The number of halogens is 3. The van der Waals surface area contributed by atoms with Gasteiger partial charge in [0.05, 0.1) is 16.6 Å². The highest BCUT2D eigenvalue weighted by molar-refractivity contribution is 7.17. The lowest BCUT2D eigenvalue weighted by molar-refractivity contribution is -0.189. The number of carbonyl (C=O) groups excluding carboxylic acids is 1. The van der Waals surface area contributed by atoms with Gasteiger partial charge in [-0.2, -0.15) is 13.2 Å². The Morgan fingerprint density at radius 2 is 1.57 bits per heavy atom. The molecule has 0 unspecified atom stereocenters. The summed E-state index contributed by atoms with van der Waals surface area (Å²) >= 11 is 1.54. The minimum absolute atomic E-state index is 0.187. The fourth-order valence-electron chi connectivity index (χ4n) is 4.60. The number of rotatable bonds is 5. The molecular formula is C31H20F3N3O2S. The fourth-order valence-corrected chi connectivity index (χ4v) is 5.56. The van der Waals surface area contributed by atoms with Crippen LogP contribution < -0.4 is 10.5 Å². The highest BCUT2D eigenvalue weighted by Crippen LogP contribution is 2.42. The number of nitrogens with zero attached hydrogens (tertiary/aromatic N) is 2. The van der Waals surface area contributed by atoms with Gasteiger partial charge in [-0.25, -0.2) is 14.8 Å². The number of alkyl halides is 3. The molecule has 6 aromatic rings. The Hall–Kier alpha value is -4.60. The van der Waals surface area contributed by atoms with Crippen molar-refractivity contribution in [3.8, 4) is 39.4 Å². The normalized spacial score (nSPS) is 11.7. The van der Waals surface area contributed by atoms with Gasteiger partial charge in [0.15, 0.2) is 0 Å². The molecule has 0 amide bonds. The van der Waals surface area contributed by atoms with Crippen molar-refractivity contribution in [2.45, 2.75) is 12.7 Å². The minimum Gasteiger partial charge on any atom is -0.400 e. The summed E-state index contributed by atoms with van der Waals surface area (Å²) in [6.07, 6.45) is -3.77. The van der Waals surface area contributed by atoms with Crippen LogP contribution in [-0.4, -0.2) is 22.1 Å². The van der Waals surface area contributed by atoms with Crippen molar-refractivity contribution >= 4 is 38.3 Å². The molecule has 0 aliphatic carbocycles. The molecular weight excluding hydrogens is 535 g/mol. The largest absolute Gasteiger partial charge is 0.491 e. The SMILES string of the molecule is NCc1ccc(-c2nc3c(-c4csc5ccccc45)cnc(OC(=O)C(F)(F)F)c3cc2-c2ccccc2)cc1. The van der Waals surface area contributed by atoms with Crippen molar-refractivity contribution in [3.63, 3.8) is 0 Å². The van der Waals surface area contributed by atoms with Crippen LogP contribution in [-0.2, 0) is 11.3 Å². The first kappa shape index (κ1) is 25.7. The molecule has 0 radical (unpaired) electrons. The number of ether oxygens (including phenoxy) is 1. The van der Waals surface area contributed by atoms with E-state index in [4.69, 9.17) is 15.5 Å². The molecule has 0 bridgehead atoms. The van der Waals surface area contributed by atoms with E-state index in [0.717, 1.165) is 32.3 Å². The van der Waals surface area contributed by atoms with E-state index in [1.807, 2.05) is 84.2 Å². The summed E-state index contributed by atoms with van der Waals surface area (Å²) < 4.78 is 45.4. The fraction of sp³-hybridized carbons (Fsp3) is 0.0645. The third-order valence-corrected chi connectivity index (χ3v) is 7.52. The van der Waals surface area contributed by atoms with E-state index in [-0.39, 0.29) is 5.39 Å². The van der Waals surface area contributed by atoms with Crippen molar-refractivity contribution in [2.75, 3.05) is 0 Å². The molecule has 0 atom stereocenters. The van der Waals surface area contributed by atoms with Crippen LogP contribution >= 0.6 is 11.3 Å². The summed E-state index contributed by atoms with van der Waals surface area (Å²) in [5.74, 6) is -2.81. The van der Waals surface area contributed by atoms with Crippen LogP contribution in [0.25, 0.3) is 54.5 Å². The zero-order valence-electron chi connectivity index (χ0n) is 20.8. The average Bonchev–Trinajstić information content (AvgIpc) is 3.40. The number of thiophene rings is 1. The molecule has 0 aliphatic rings. The molecule has 3 aromatic heterocycles.